The molecule has 0 aliphatic carbocycles. The predicted molar refractivity (Wildman–Crippen MR) is 92.3 cm³/mol. The number of carbonyl (C=O) groups excluding carboxylic acids is 2. The molecule has 2 aromatic carbocycles. The van der Waals surface area contributed by atoms with Gasteiger partial charge in [0.25, 0.3) is 0 Å². The van der Waals surface area contributed by atoms with Crippen LogP contribution in [-0.2, 0) is 4.79 Å². The van der Waals surface area contributed by atoms with Crippen molar-refractivity contribution in [3.63, 3.8) is 0 Å². The molecule has 0 fully saturated rings. The number of nitrogens with one attached hydrogen (secondary N) is 1. The normalized spacial score (nSPS) is 15.4. The summed E-state index contributed by atoms with van der Waals surface area (Å²) in [6.07, 6.45) is 1.33. The standard InChI is InChI=1S/C20H21NO3/c22-18(15-7-2-1-3-8-15)10-6-12-20(23)21-13-16-14-24-19-11-5-4-9-17(16)19/h1-5,7-9,11,16H,6,10,12-14H2,(H,21,23)/t16-/m0/s1. The molecule has 1 aliphatic rings. The van der Waals surface area contributed by atoms with Gasteiger partial charge in [0.1, 0.15) is 5.75 Å². The van der Waals surface area contributed by atoms with Gasteiger partial charge < -0.3 is 10.1 Å². The van der Waals surface area contributed by atoms with Gasteiger partial charge in [0, 0.05) is 36.4 Å². The Bertz CT molecular complexity index is 712. The minimum Gasteiger partial charge on any atom is -0.493 e. The Hall–Kier alpha value is -2.62. The van der Waals surface area contributed by atoms with Crippen molar-refractivity contribution in [3.05, 3.63) is 65.7 Å². The van der Waals surface area contributed by atoms with Gasteiger partial charge in [-0.2, -0.15) is 0 Å². The minimum atomic E-state index is -0.0137. The van der Waals surface area contributed by atoms with Crippen LogP contribution in [0.25, 0.3) is 0 Å². The molecule has 0 saturated heterocycles. The van der Waals surface area contributed by atoms with E-state index >= 15 is 0 Å². The molecule has 124 valence electrons. The highest BCUT2D eigenvalue weighted by molar-refractivity contribution is 5.96. The number of para-hydroxylation sites is 1. The molecule has 1 N–H and O–H groups in total. The fraction of sp³-hybridized carbons (Fsp3) is 0.300. The lowest BCUT2D eigenvalue weighted by atomic mass is 10.0. The number of hydrogen-bond donors (Lipinski definition) is 1. The van der Waals surface area contributed by atoms with Crippen LogP contribution in [0.2, 0.25) is 0 Å². The van der Waals surface area contributed by atoms with E-state index < -0.39 is 0 Å². The van der Waals surface area contributed by atoms with Gasteiger partial charge in [-0.05, 0) is 12.5 Å². The highest BCUT2D eigenvalue weighted by Crippen LogP contribution is 2.32. The first-order valence-corrected chi connectivity index (χ1v) is 8.30. The summed E-state index contributed by atoms with van der Waals surface area (Å²) in [5.41, 5.74) is 1.86. The number of fused-ring (bicyclic) bond motifs is 1. The molecule has 2 aromatic rings. The maximum atomic E-state index is 12.0. The summed E-state index contributed by atoms with van der Waals surface area (Å²) in [6, 6.07) is 17.1. The van der Waals surface area contributed by atoms with Gasteiger partial charge in [-0.3, -0.25) is 9.59 Å². The van der Waals surface area contributed by atoms with Crippen molar-refractivity contribution in [2.24, 2.45) is 0 Å². The van der Waals surface area contributed by atoms with Gasteiger partial charge in [-0.15, -0.1) is 0 Å². The number of benzene rings is 2. The number of ketones is 1. The Labute approximate surface area is 141 Å². The van der Waals surface area contributed by atoms with Crippen molar-refractivity contribution in [2.75, 3.05) is 13.2 Å². The number of ether oxygens (including phenoxy) is 1. The third kappa shape index (κ3) is 4.02. The van der Waals surface area contributed by atoms with Crippen molar-refractivity contribution in [2.45, 2.75) is 25.2 Å². The topological polar surface area (TPSA) is 55.4 Å². The average molecular weight is 323 g/mol. The largest absolute Gasteiger partial charge is 0.493 e. The van der Waals surface area contributed by atoms with Gasteiger partial charge >= 0.3 is 0 Å². The molecule has 4 nitrogen and oxygen atoms in total. The van der Waals surface area contributed by atoms with Crippen LogP contribution in [0, 0.1) is 0 Å². The highest BCUT2D eigenvalue weighted by atomic mass is 16.5. The molecule has 4 heteroatoms. The molecule has 0 bridgehead atoms. The zero-order valence-electron chi connectivity index (χ0n) is 13.5. The molecule has 0 unspecified atom stereocenters. The van der Waals surface area contributed by atoms with Crippen LogP contribution < -0.4 is 10.1 Å². The van der Waals surface area contributed by atoms with Crippen LogP contribution in [0.3, 0.4) is 0 Å². The molecular weight excluding hydrogens is 302 g/mol. The molecule has 0 radical (unpaired) electrons. The maximum absolute atomic E-state index is 12.0. The third-order valence-electron chi connectivity index (χ3n) is 4.25. The average Bonchev–Trinajstić information content (AvgIpc) is 3.04. The zero-order valence-corrected chi connectivity index (χ0v) is 13.5. The molecule has 0 saturated carbocycles. The van der Waals surface area contributed by atoms with E-state index in [-0.39, 0.29) is 17.6 Å². The fourth-order valence-electron chi connectivity index (χ4n) is 2.90. The van der Waals surface area contributed by atoms with Gasteiger partial charge in [0.15, 0.2) is 5.78 Å². The van der Waals surface area contributed by atoms with Crippen LogP contribution in [0.15, 0.2) is 54.6 Å². The first kappa shape index (κ1) is 16.2. The van der Waals surface area contributed by atoms with E-state index in [1.807, 2.05) is 42.5 Å². The number of amides is 1. The van der Waals surface area contributed by atoms with E-state index in [0.717, 1.165) is 11.3 Å². The van der Waals surface area contributed by atoms with Crippen molar-refractivity contribution >= 4 is 11.7 Å². The molecule has 3 rings (SSSR count). The number of hydrogen-bond acceptors (Lipinski definition) is 3. The fourth-order valence-corrected chi connectivity index (χ4v) is 2.90. The van der Waals surface area contributed by atoms with E-state index in [0.29, 0.717) is 38.0 Å². The lowest BCUT2D eigenvalue weighted by Crippen LogP contribution is -2.28. The number of rotatable bonds is 7. The molecule has 24 heavy (non-hydrogen) atoms. The second-order valence-corrected chi connectivity index (χ2v) is 5.99. The Balaban J connectivity index is 1.39. The van der Waals surface area contributed by atoms with Crippen LogP contribution in [0.1, 0.15) is 41.1 Å². The van der Waals surface area contributed by atoms with Gasteiger partial charge in [-0.25, -0.2) is 0 Å². The van der Waals surface area contributed by atoms with E-state index in [4.69, 9.17) is 4.74 Å². The summed E-state index contributed by atoms with van der Waals surface area (Å²) >= 11 is 0. The first-order valence-electron chi connectivity index (χ1n) is 8.30. The maximum Gasteiger partial charge on any atom is 0.220 e. The highest BCUT2D eigenvalue weighted by Gasteiger charge is 2.23. The van der Waals surface area contributed by atoms with E-state index in [2.05, 4.69) is 5.32 Å². The lowest BCUT2D eigenvalue weighted by molar-refractivity contribution is -0.121. The Morgan fingerprint density at radius 1 is 1.00 bits per heavy atom. The molecule has 1 heterocycles. The van der Waals surface area contributed by atoms with Crippen LogP contribution >= 0.6 is 0 Å². The summed E-state index contributed by atoms with van der Waals surface area (Å²) in [6.45, 7) is 1.18. The molecule has 1 aliphatic heterocycles. The quantitative estimate of drug-likeness (QED) is 0.795. The summed E-state index contributed by atoms with van der Waals surface area (Å²) < 4.78 is 5.61. The molecule has 1 amide bonds. The van der Waals surface area contributed by atoms with Crippen molar-refractivity contribution in [1.29, 1.82) is 0 Å². The van der Waals surface area contributed by atoms with E-state index in [1.54, 1.807) is 12.1 Å². The number of carbonyl (C=O) groups is 2. The first-order chi connectivity index (χ1) is 11.7. The second kappa shape index (κ2) is 7.77. The van der Waals surface area contributed by atoms with Gasteiger partial charge in [0.05, 0.1) is 6.61 Å². The van der Waals surface area contributed by atoms with Crippen LogP contribution in [0.4, 0.5) is 0 Å². The smallest absolute Gasteiger partial charge is 0.220 e. The Kier molecular flexibility index (Phi) is 5.26. The van der Waals surface area contributed by atoms with Gasteiger partial charge in [-0.1, -0.05) is 48.5 Å². The molecule has 1 atom stereocenters. The van der Waals surface area contributed by atoms with Crippen molar-refractivity contribution in [1.82, 2.24) is 5.32 Å². The summed E-state index contributed by atoms with van der Waals surface area (Å²) in [7, 11) is 0. The third-order valence-corrected chi connectivity index (χ3v) is 4.25. The SMILES string of the molecule is O=C(CCCC(=O)c1ccccc1)NC[C@H]1COc2ccccc21. The second-order valence-electron chi connectivity index (χ2n) is 5.99. The van der Waals surface area contributed by atoms with E-state index in [9.17, 15) is 9.59 Å². The van der Waals surface area contributed by atoms with Crippen molar-refractivity contribution < 1.29 is 14.3 Å². The Morgan fingerprint density at radius 3 is 2.58 bits per heavy atom. The summed E-state index contributed by atoms with van der Waals surface area (Å²) in [4.78, 5) is 23.9. The van der Waals surface area contributed by atoms with Crippen molar-refractivity contribution in [3.8, 4) is 5.75 Å². The zero-order chi connectivity index (χ0) is 16.8. The summed E-state index contributed by atoms with van der Waals surface area (Å²) in [5, 5.41) is 2.95. The van der Waals surface area contributed by atoms with Crippen LogP contribution in [-0.4, -0.2) is 24.8 Å². The summed E-state index contributed by atoms with van der Waals surface area (Å²) in [5.74, 6) is 1.18. The Morgan fingerprint density at radius 2 is 1.75 bits per heavy atom. The van der Waals surface area contributed by atoms with E-state index in [1.165, 1.54) is 0 Å². The number of Topliss-reactive ketones (excluding diaryl/α,β-unsaturated/α-hetero) is 1. The molecular formula is C20H21NO3. The lowest BCUT2D eigenvalue weighted by Gasteiger charge is -2.10. The monoisotopic (exact) mass is 323 g/mol. The predicted octanol–water partition coefficient (Wildman–Crippen LogP) is 3.33. The molecule has 0 aromatic heterocycles. The van der Waals surface area contributed by atoms with Crippen LogP contribution in [0.5, 0.6) is 5.75 Å². The van der Waals surface area contributed by atoms with Gasteiger partial charge in [0.2, 0.25) is 5.91 Å². The minimum absolute atomic E-state index is 0.0137. The molecule has 0 spiro atoms.